The molecule has 0 fully saturated rings. The first kappa shape index (κ1) is 29.5. The summed E-state index contributed by atoms with van der Waals surface area (Å²) in [7, 11) is -8.73. The number of nitrogens with zero attached hydrogens (tertiary/aromatic N) is 5. The van der Waals surface area contributed by atoms with Crippen molar-refractivity contribution in [2.24, 2.45) is 0 Å². The third-order valence-electron chi connectivity index (χ3n) is 6.05. The van der Waals surface area contributed by atoms with Crippen LogP contribution in [0.2, 0.25) is 0 Å². The Bertz CT molecular complexity index is 2060. The topological polar surface area (TPSA) is 201 Å². The molecule has 220 valence electrons. The van der Waals surface area contributed by atoms with Crippen molar-refractivity contribution in [3.05, 3.63) is 59.7 Å². The van der Waals surface area contributed by atoms with Crippen molar-refractivity contribution in [3.8, 4) is 33.7 Å². The molecule has 0 unspecified atom stereocenters. The van der Waals surface area contributed by atoms with Gasteiger partial charge < -0.3 is 23.7 Å². The molecule has 2 heterocycles. The summed E-state index contributed by atoms with van der Waals surface area (Å²) < 4.78 is 83.6. The number of methoxy groups -OCH3 is 1. The average Bonchev–Trinajstić information content (AvgIpc) is 3.55. The number of ether oxygens (including phenoxy) is 2. The molecule has 3 aromatic carbocycles. The Balaban J connectivity index is 1.80. The van der Waals surface area contributed by atoms with E-state index in [4.69, 9.17) is 9.47 Å². The van der Waals surface area contributed by atoms with Crippen molar-refractivity contribution >= 4 is 41.8 Å². The Morgan fingerprint density at radius 3 is 2.38 bits per heavy atom. The Kier molecular flexibility index (Phi) is 7.73. The molecule has 0 aliphatic carbocycles. The molecule has 42 heavy (non-hydrogen) atoms. The van der Waals surface area contributed by atoms with Crippen LogP contribution in [0, 0.1) is 6.92 Å². The van der Waals surface area contributed by atoms with Crippen LogP contribution in [-0.2, 0) is 26.8 Å². The highest BCUT2D eigenvalue weighted by atomic mass is 32.2. The standard InChI is InChI=1S/C25H23N5O9S3/c1-4-39-20-12-21-18(10-15(20)13-31)26-25(40-21)30-28-24(17-7-5-14(2)9-22(17)41(32,33)34)27-29(30)16-6-8-19(38-3)23(11-16)42(35,36)37/h5-12,31H,4,13H2,1-3H3,(H-,32,33,34,35,36,37)/p-1. The maximum Gasteiger partial charge on any atom is 0.365 e. The fourth-order valence-electron chi connectivity index (χ4n) is 4.17. The Morgan fingerprint density at radius 2 is 1.74 bits per heavy atom. The highest BCUT2D eigenvalue weighted by molar-refractivity contribution is 7.86. The molecule has 0 spiro atoms. The zero-order valence-corrected chi connectivity index (χ0v) is 24.7. The van der Waals surface area contributed by atoms with E-state index in [-0.39, 0.29) is 34.6 Å². The van der Waals surface area contributed by atoms with Crippen LogP contribution >= 0.6 is 11.3 Å². The average molecular weight is 633 g/mol. The lowest BCUT2D eigenvalue weighted by Gasteiger charge is -2.12. The highest BCUT2D eigenvalue weighted by Crippen LogP contribution is 2.32. The van der Waals surface area contributed by atoms with E-state index in [1.165, 1.54) is 36.2 Å². The molecule has 0 saturated carbocycles. The lowest BCUT2D eigenvalue weighted by molar-refractivity contribution is -0.734. The molecule has 17 heteroatoms. The van der Waals surface area contributed by atoms with Gasteiger partial charge in [-0.25, -0.2) is 16.8 Å². The number of hydrogen-bond donors (Lipinski definition) is 1. The Hall–Kier alpha value is -4.00. The number of aliphatic hydroxyl groups is 1. The minimum absolute atomic E-state index is 0.0351. The molecule has 14 nitrogen and oxygen atoms in total. The van der Waals surface area contributed by atoms with E-state index < -0.39 is 30.0 Å². The van der Waals surface area contributed by atoms with Gasteiger partial charge in [0.15, 0.2) is 5.52 Å². The quantitative estimate of drug-likeness (QED) is 0.183. The largest absolute Gasteiger partial charge is 0.744 e. The van der Waals surface area contributed by atoms with Crippen LogP contribution in [0.3, 0.4) is 0 Å². The highest BCUT2D eigenvalue weighted by Gasteiger charge is 2.28. The summed E-state index contributed by atoms with van der Waals surface area (Å²) in [6.07, 6.45) is 0. The van der Waals surface area contributed by atoms with Crippen molar-refractivity contribution in [1.29, 1.82) is 0 Å². The van der Waals surface area contributed by atoms with Crippen LogP contribution in [0.15, 0.2) is 58.3 Å². The van der Waals surface area contributed by atoms with Gasteiger partial charge in [-0.1, -0.05) is 22.4 Å². The number of tetrazole rings is 1. The number of aromatic nitrogens is 5. The molecule has 0 radical (unpaired) electrons. The molecule has 0 saturated heterocycles. The number of rotatable bonds is 9. The summed E-state index contributed by atoms with van der Waals surface area (Å²) in [5.41, 5.74) is 1.42. The smallest absolute Gasteiger partial charge is 0.365 e. The predicted molar refractivity (Wildman–Crippen MR) is 146 cm³/mol. The Labute approximate surface area is 243 Å². The van der Waals surface area contributed by atoms with E-state index in [0.29, 0.717) is 33.7 Å². The summed E-state index contributed by atoms with van der Waals surface area (Å²) in [6, 6.07) is 11.2. The maximum absolute atomic E-state index is 12.1. The number of aryl methyl sites for hydroxylation is 1. The molecule has 0 amide bonds. The summed E-state index contributed by atoms with van der Waals surface area (Å²) in [5.74, 6) is 0.0659. The number of benzene rings is 3. The van der Waals surface area contributed by atoms with Crippen molar-refractivity contribution in [1.82, 2.24) is 20.0 Å². The molecule has 2 aromatic heterocycles. The van der Waals surface area contributed by atoms with Gasteiger partial charge in [0.25, 0.3) is 5.82 Å². The van der Waals surface area contributed by atoms with Crippen molar-refractivity contribution in [2.45, 2.75) is 30.2 Å². The molecular formula is C25H22N5O9S3-. The first-order chi connectivity index (χ1) is 19.8. The summed E-state index contributed by atoms with van der Waals surface area (Å²) >= 11 is 1.14. The van der Waals surface area contributed by atoms with E-state index >= 15 is 0 Å². The van der Waals surface area contributed by atoms with Crippen LogP contribution in [0.5, 0.6) is 11.5 Å². The maximum atomic E-state index is 12.1. The summed E-state index contributed by atoms with van der Waals surface area (Å²) in [6.45, 7) is 3.48. The van der Waals surface area contributed by atoms with Gasteiger partial charge in [0.05, 0.1) is 40.4 Å². The zero-order valence-electron chi connectivity index (χ0n) is 22.2. The van der Waals surface area contributed by atoms with Crippen LogP contribution in [0.25, 0.3) is 32.4 Å². The van der Waals surface area contributed by atoms with Crippen LogP contribution in [0.4, 0.5) is 0 Å². The third-order valence-corrected chi connectivity index (χ3v) is 8.77. The molecule has 1 N–H and O–H groups in total. The fraction of sp³-hybridized carbons (Fsp3) is 0.200. The van der Waals surface area contributed by atoms with Gasteiger partial charge in [0.1, 0.15) is 37.4 Å². The number of aliphatic hydroxyl groups excluding tert-OH is 1. The van der Waals surface area contributed by atoms with Gasteiger partial charge >= 0.3 is 5.13 Å². The van der Waals surface area contributed by atoms with Gasteiger partial charge in [0.2, 0.25) is 0 Å². The van der Waals surface area contributed by atoms with E-state index in [1.54, 1.807) is 32.0 Å². The van der Waals surface area contributed by atoms with E-state index in [0.717, 1.165) is 22.2 Å². The van der Waals surface area contributed by atoms with Gasteiger partial charge in [-0.2, -0.15) is 0 Å². The number of thiazole rings is 1. The molecule has 0 aliphatic heterocycles. The van der Waals surface area contributed by atoms with Gasteiger partial charge in [-0.05, 0) is 70.5 Å². The lowest BCUT2D eigenvalue weighted by atomic mass is 10.1. The van der Waals surface area contributed by atoms with Crippen molar-refractivity contribution < 1.29 is 45.3 Å². The monoisotopic (exact) mass is 632 g/mol. The Morgan fingerprint density at radius 1 is 1.00 bits per heavy atom. The van der Waals surface area contributed by atoms with Gasteiger partial charge in [0, 0.05) is 16.7 Å². The van der Waals surface area contributed by atoms with E-state index in [1.807, 2.05) is 0 Å². The van der Waals surface area contributed by atoms with Gasteiger partial charge in [-0.3, -0.25) is 0 Å². The zero-order chi connectivity index (χ0) is 30.4. The number of fused-ring (bicyclic) bond motifs is 1. The molecule has 0 aliphatic rings. The SMILES string of the molecule is CCOc1cc2sc(-[n+]3nc(-c4ccc(C)cc4S(=O)(=O)[O-])nn3-c3ccc(OC)c(S(=O)(=O)[O-])c3)nc2cc1CO. The summed E-state index contributed by atoms with van der Waals surface area (Å²) in [4.78, 5) is 5.64. The molecular weight excluding hydrogens is 611 g/mol. The molecule has 5 aromatic rings. The van der Waals surface area contributed by atoms with E-state index in [2.05, 4.69) is 15.2 Å². The molecule has 5 rings (SSSR count). The van der Waals surface area contributed by atoms with Crippen LogP contribution in [-0.4, -0.2) is 64.7 Å². The first-order valence-electron chi connectivity index (χ1n) is 12.1. The number of hydrogen-bond acceptors (Lipinski definition) is 13. The first-order valence-corrected chi connectivity index (χ1v) is 15.8. The third kappa shape index (κ3) is 5.57. The van der Waals surface area contributed by atoms with Crippen molar-refractivity contribution in [3.63, 3.8) is 0 Å². The normalized spacial score (nSPS) is 12.1. The van der Waals surface area contributed by atoms with Crippen LogP contribution in [0.1, 0.15) is 18.1 Å². The summed E-state index contributed by atoms with van der Waals surface area (Å²) in [5, 5.41) is 18.8. The van der Waals surface area contributed by atoms with Gasteiger partial charge in [-0.15, -0.1) is 0 Å². The van der Waals surface area contributed by atoms with Crippen molar-refractivity contribution in [2.75, 3.05) is 13.7 Å². The lowest BCUT2D eigenvalue weighted by Crippen LogP contribution is -2.43. The van der Waals surface area contributed by atoms with Crippen LogP contribution < -0.4 is 14.3 Å². The van der Waals surface area contributed by atoms with E-state index in [9.17, 15) is 31.0 Å². The second kappa shape index (κ2) is 11.0. The predicted octanol–water partition coefficient (Wildman–Crippen LogP) is 1.84. The fourth-order valence-corrected chi connectivity index (χ4v) is 6.51. The minimum Gasteiger partial charge on any atom is -0.744 e. The second-order valence-corrected chi connectivity index (χ2v) is 12.6. The second-order valence-electron chi connectivity index (χ2n) is 8.86. The molecule has 0 atom stereocenters. The molecule has 0 bridgehead atoms. The minimum atomic E-state index is -4.99.